The van der Waals surface area contributed by atoms with Crippen LogP contribution in [0.25, 0.3) is 0 Å². The van der Waals surface area contributed by atoms with Crippen LogP contribution in [-0.2, 0) is 0 Å². The summed E-state index contributed by atoms with van der Waals surface area (Å²) in [4.78, 5) is 10.8. The number of aromatic nitrogens is 3. The first-order valence-electron chi connectivity index (χ1n) is 7.00. The molecule has 1 unspecified atom stereocenters. The van der Waals surface area contributed by atoms with Crippen LogP contribution >= 0.6 is 11.5 Å². The van der Waals surface area contributed by atoms with Crippen molar-refractivity contribution in [1.29, 1.82) is 0 Å². The van der Waals surface area contributed by atoms with E-state index in [1.54, 1.807) is 6.20 Å². The van der Waals surface area contributed by atoms with Crippen molar-refractivity contribution < 1.29 is 5.11 Å². The number of pyridine rings is 1. The molecule has 1 aliphatic carbocycles. The summed E-state index contributed by atoms with van der Waals surface area (Å²) in [7, 11) is 3.84. The Morgan fingerprint density at radius 1 is 1.38 bits per heavy atom. The minimum Gasteiger partial charge on any atom is -0.393 e. The maximum absolute atomic E-state index is 9.58. The van der Waals surface area contributed by atoms with Crippen molar-refractivity contribution in [3.8, 4) is 0 Å². The number of rotatable bonds is 5. The van der Waals surface area contributed by atoms with Gasteiger partial charge in [0.15, 0.2) is 0 Å². The standard InChI is InChI=1S/C14H19N5OS/c1-19(2)13-17-14(21-18-13)16-12(9-7-10(20)8-9)11-5-3-4-6-15-11/h3-6,9-10,12,20H,7-8H2,1-2H3,(H,16,17,18). The van der Waals surface area contributed by atoms with Gasteiger partial charge in [0.2, 0.25) is 11.1 Å². The van der Waals surface area contributed by atoms with E-state index in [0.29, 0.717) is 11.9 Å². The average molecular weight is 305 g/mol. The van der Waals surface area contributed by atoms with Crippen LogP contribution in [-0.4, -0.2) is 39.6 Å². The Labute approximate surface area is 128 Å². The second kappa shape index (κ2) is 5.95. The third-order valence-corrected chi connectivity index (χ3v) is 4.36. The van der Waals surface area contributed by atoms with Crippen molar-refractivity contribution >= 4 is 22.6 Å². The van der Waals surface area contributed by atoms with E-state index >= 15 is 0 Å². The summed E-state index contributed by atoms with van der Waals surface area (Å²) in [5, 5.41) is 13.8. The Kier molecular flexibility index (Phi) is 4.03. The minimum atomic E-state index is -0.185. The summed E-state index contributed by atoms with van der Waals surface area (Å²) in [5.74, 6) is 1.08. The van der Waals surface area contributed by atoms with Gasteiger partial charge in [0.25, 0.3) is 0 Å². The van der Waals surface area contributed by atoms with Crippen molar-refractivity contribution in [3.63, 3.8) is 0 Å². The Bertz CT molecular complexity index is 582. The number of aliphatic hydroxyl groups is 1. The highest BCUT2D eigenvalue weighted by molar-refractivity contribution is 7.09. The lowest BCUT2D eigenvalue weighted by Gasteiger charge is -2.37. The molecule has 2 heterocycles. The van der Waals surface area contributed by atoms with E-state index < -0.39 is 0 Å². The monoisotopic (exact) mass is 305 g/mol. The minimum absolute atomic E-state index is 0.0672. The molecule has 0 saturated heterocycles. The first kappa shape index (κ1) is 14.2. The summed E-state index contributed by atoms with van der Waals surface area (Å²) in [6.07, 6.45) is 3.21. The Morgan fingerprint density at radius 2 is 2.19 bits per heavy atom. The fourth-order valence-corrected chi connectivity index (χ4v) is 3.16. The maximum atomic E-state index is 9.58. The van der Waals surface area contributed by atoms with Gasteiger partial charge in [0.05, 0.1) is 17.8 Å². The molecule has 3 rings (SSSR count). The Hall–Kier alpha value is -1.73. The highest BCUT2D eigenvalue weighted by Crippen LogP contribution is 2.39. The van der Waals surface area contributed by atoms with E-state index in [-0.39, 0.29) is 12.1 Å². The van der Waals surface area contributed by atoms with Crippen molar-refractivity contribution in [2.45, 2.75) is 25.0 Å². The summed E-state index contributed by atoms with van der Waals surface area (Å²) < 4.78 is 4.30. The number of hydrogen-bond acceptors (Lipinski definition) is 7. The van der Waals surface area contributed by atoms with Gasteiger partial charge in [-0.05, 0) is 30.9 Å². The molecule has 0 amide bonds. The third kappa shape index (κ3) is 3.14. The zero-order valence-electron chi connectivity index (χ0n) is 12.1. The smallest absolute Gasteiger partial charge is 0.238 e. The van der Waals surface area contributed by atoms with Crippen LogP contribution in [0.15, 0.2) is 24.4 Å². The highest BCUT2D eigenvalue weighted by atomic mass is 32.1. The lowest BCUT2D eigenvalue weighted by atomic mass is 9.76. The molecule has 2 aromatic rings. The van der Waals surface area contributed by atoms with Crippen molar-refractivity contribution in [2.24, 2.45) is 5.92 Å². The summed E-state index contributed by atoms with van der Waals surface area (Å²) in [5.41, 5.74) is 0.982. The van der Waals surface area contributed by atoms with Gasteiger partial charge in [-0.1, -0.05) is 6.07 Å². The van der Waals surface area contributed by atoms with E-state index in [1.165, 1.54) is 11.5 Å². The lowest BCUT2D eigenvalue weighted by Crippen LogP contribution is -2.36. The second-order valence-electron chi connectivity index (χ2n) is 5.56. The van der Waals surface area contributed by atoms with Crippen molar-refractivity contribution in [2.75, 3.05) is 24.3 Å². The van der Waals surface area contributed by atoms with Crippen LogP contribution in [0.4, 0.5) is 11.1 Å². The van der Waals surface area contributed by atoms with Gasteiger partial charge in [-0.2, -0.15) is 9.36 Å². The van der Waals surface area contributed by atoms with Gasteiger partial charge in [0.1, 0.15) is 0 Å². The van der Waals surface area contributed by atoms with Gasteiger partial charge in [-0.3, -0.25) is 4.98 Å². The SMILES string of the molecule is CN(C)c1nsc(NC(c2ccccn2)C2CC(O)C2)n1. The average Bonchev–Trinajstić information content (AvgIpc) is 2.91. The molecule has 2 aromatic heterocycles. The van der Waals surface area contributed by atoms with Crippen LogP contribution in [0, 0.1) is 5.92 Å². The molecular weight excluding hydrogens is 286 g/mol. The quantitative estimate of drug-likeness (QED) is 0.879. The van der Waals surface area contributed by atoms with Gasteiger partial charge in [-0.15, -0.1) is 0 Å². The van der Waals surface area contributed by atoms with E-state index in [1.807, 2.05) is 37.2 Å². The van der Waals surface area contributed by atoms with E-state index in [4.69, 9.17) is 0 Å². The number of aliphatic hydroxyl groups excluding tert-OH is 1. The molecule has 6 nitrogen and oxygen atoms in total. The molecule has 0 radical (unpaired) electrons. The van der Waals surface area contributed by atoms with Gasteiger partial charge >= 0.3 is 0 Å². The molecule has 1 fully saturated rings. The molecule has 7 heteroatoms. The molecule has 21 heavy (non-hydrogen) atoms. The van der Waals surface area contributed by atoms with Crippen LogP contribution in [0.2, 0.25) is 0 Å². The summed E-state index contributed by atoms with van der Waals surface area (Å²) in [6.45, 7) is 0. The van der Waals surface area contributed by atoms with Crippen molar-refractivity contribution in [3.05, 3.63) is 30.1 Å². The number of nitrogens with zero attached hydrogens (tertiary/aromatic N) is 4. The molecule has 1 aliphatic rings. The number of hydrogen-bond donors (Lipinski definition) is 2. The molecule has 1 atom stereocenters. The molecular formula is C14H19N5OS. The predicted octanol–water partition coefficient (Wildman–Crippen LogP) is 1.92. The van der Waals surface area contributed by atoms with Crippen molar-refractivity contribution in [1.82, 2.24) is 14.3 Å². The third-order valence-electron chi connectivity index (χ3n) is 3.72. The number of nitrogens with one attached hydrogen (secondary N) is 1. The van der Waals surface area contributed by atoms with Crippen LogP contribution in [0.1, 0.15) is 24.6 Å². The molecule has 0 aliphatic heterocycles. The van der Waals surface area contributed by atoms with E-state index in [0.717, 1.165) is 23.7 Å². The number of anilines is 2. The zero-order valence-corrected chi connectivity index (χ0v) is 12.9. The molecule has 112 valence electrons. The van der Waals surface area contributed by atoms with Gasteiger partial charge < -0.3 is 15.3 Å². The van der Waals surface area contributed by atoms with Crippen LogP contribution in [0.3, 0.4) is 0 Å². The highest BCUT2D eigenvalue weighted by Gasteiger charge is 2.36. The van der Waals surface area contributed by atoms with E-state index in [2.05, 4.69) is 19.7 Å². The largest absolute Gasteiger partial charge is 0.393 e. The van der Waals surface area contributed by atoms with Gasteiger partial charge in [0, 0.05) is 31.8 Å². The summed E-state index contributed by atoms with van der Waals surface area (Å²) in [6, 6.07) is 5.97. The molecule has 1 saturated carbocycles. The Balaban J connectivity index is 1.78. The molecule has 0 spiro atoms. The lowest BCUT2D eigenvalue weighted by molar-refractivity contribution is 0.0334. The maximum Gasteiger partial charge on any atom is 0.238 e. The fourth-order valence-electron chi connectivity index (χ4n) is 2.48. The molecule has 2 N–H and O–H groups in total. The summed E-state index contributed by atoms with van der Waals surface area (Å²) >= 11 is 1.35. The topological polar surface area (TPSA) is 74.2 Å². The van der Waals surface area contributed by atoms with E-state index in [9.17, 15) is 5.11 Å². The first-order valence-corrected chi connectivity index (χ1v) is 7.77. The molecule has 0 aromatic carbocycles. The van der Waals surface area contributed by atoms with Crippen LogP contribution in [0.5, 0.6) is 0 Å². The first-order chi connectivity index (χ1) is 10.1. The second-order valence-corrected chi connectivity index (χ2v) is 6.31. The fraction of sp³-hybridized carbons (Fsp3) is 0.500. The van der Waals surface area contributed by atoms with Crippen LogP contribution < -0.4 is 10.2 Å². The predicted molar refractivity (Wildman–Crippen MR) is 83.6 cm³/mol. The zero-order chi connectivity index (χ0) is 14.8. The molecule has 0 bridgehead atoms. The van der Waals surface area contributed by atoms with Gasteiger partial charge in [-0.25, -0.2) is 0 Å². The normalized spacial score (nSPS) is 22.4. The Morgan fingerprint density at radius 3 is 2.76 bits per heavy atom.